The lowest BCUT2D eigenvalue weighted by molar-refractivity contribution is -0.294. The van der Waals surface area contributed by atoms with Crippen molar-refractivity contribution < 1.29 is 76.0 Å². The number of piperidine rings is 2. The predicted molar refractivity (Wildman–Crippen MR) is 221 cm³/mol. The van der Waals surface area contributed by atoms with Crippen LogP contribution in [0.3, 0.4) is 0 Å². The van der Waals surface area contributed by atoms with Crippen LogP contribution in [0.5, 0.6) is 0 Å². The fourth-order valence-electron chi connectivity index (χ4n) is 9.62. The van der Waals surface area contributed by atoms with Crippen LogP contribution in [0.2, 0.25) is 0 Å². The topological polar surface area (TPSA) is 216 Å². The van der Waals surface area contributed by atoms with Gasteiger partial charge in [0.2, 0.25) is 11.6 Å². The van der Waals surface area contributed by atoms with Crippen molar-refractivity contribution in [2.75, 3.05) is 52.6 Å². The Morgan fingerprint density at radius 2 is 1.08 bits per heavy atom. The van der Waals surface area contributed by atoms with Gasteiger partial charge in [-0.25, -0.2) is 14.4 Å². The summed E-state index contributed by atoms with van der Waals surface area (Å²) in [6.45, 7) is 17.2. The number of nitrogens with one attached hydrogen (secondary N) is 1. The van der Waals surface area contributed by atoms with Crippen molar-refractivity contribution in [2.24, 2.45) is 5.73 Å². The van der Waals surface area contributed by atoms with Crippen LogP contribution in [0.4, 0.5) is 14.4 Å². The van der Waals surface area contributed by atoms with Crippen molar-refractivity contribution in [1.82, 2.24) is 15.1 Å². The first-order chi connectivity index (χ1) is 30.1. The fraction of sp³-hybridized carbons (Fsp3) is 0.795. The molecule has 0 bridgehead atoms. The number of carbonyl (C=O) groups excluding carboxylic acids is 3. The van der Waals surface area contributed by atoms with E-state index in [2.05, 4.69) is 5.32 Å². The van der Waals surface area contributed by atoms with Crippen molar-refractivity contribution in [3.63, 3.8) is 0 Å². The monoisotopic (exact) mass is 906 g/mol. The van der Waals surface area contributed by atoms with Gasteiger partial charge in [-0.2, -0.15) is 0 Å². The number of rotatable bonds is 7. The Kier molecular flexibility index (Phi) is 13.2. The molecule has 64 heavy (non-hydrogen) atoms. The Labute approximate surface area is 374 Å². The van der Waals surface area contributed by atoms with E-state index in [0.717, 1.165) is 18.4 Å². The first-order valence-corrected chi connectivity index (χ1v) is 22.4. The largest absolute Gasteiger partial charge is 0.445 e. The number of nitrogens with two attached hydrogens (primary N) is 1. The minimum atomic E-state index is -1.29. The van der Waals surface area contributed by atoms with Crippen LogP contribution < -0.4 is 11.1 Å². The number of benzene rings is 1. The highest BCUT2D eigenvalue weighted by atomic mass is 16.9. The lowest BCUT2D eigenvalue weighted by Crippen LogP contribution is -2.61. The summed E-state index contributed by atoms with van der Waals surface area (Å²) in [7, 11) is 0. The van der Waals surface area contributed by atoms with Crippen LogP contribution in [-0.2, 0) is 68.2 Å². The molecule has 358 valence electrons. The molecule has 8 saturated heterocycles. The minimum absolute atomic E-state index is 0.0739. The number of carbonyl (C=O) groups is 3. The van der Waals surface area contributed by atoms with Crippen LogP contribution >= 0.6 is 0 Å². The summed E-state index contributed by atoms with van der Waals surface area (Å²) < 4.78 is 77.0. The molecule has 0 aliphatic carbocycles. The Morgan fingerprint density at radius 3 is 1.55 bits per heavy atom. The van der Waals surface area contributed by atoms with E-state index >= 15 is 0 Å². The van der Waals surface area contributed by atoms with Gasteiger partial charge in [0, 0.05) is 38.3 Å². The van der Waals surface area contributed by atoms with E-state index in [9.17, 15) is 14.4 Å². The standard InChI is InChI=1S/C26H36N2O9.C18H30N2O7/c1-24(2)34-19-15-33-26(21(20(19)35-24)36-25(3,4)37-26)16-32-23(30)28-12-10-18(11-13-28)27-22(29)31-14-17-8-6-5-7-9-17;1-16(2)24-12-9-23-18(14(13(12)25-16)26-17(3,4)27-18)10-22-15(21)20-7-5-11(19)6-8-20/h5-9,18-21H,10-16H2,1-4H3,(H,27,29);11-14H,5-10,19H2,1-4H3/t19-,20-,21+,26+;12-,13-,14+,18+/m11/s1. The summed E-state index contributed by atoms with van der Waals surface area (Å²) in [5.41, 5.74) is 6.82. The van der Waals surface area contributed by atoms with E-state index in [1.807, 2.05) is 58.0 Å². The van der Waals surface area contributed by atoms with Crippen LogP contribution in [0.1, 0.15) is 86.6 Å². The van der Waals surface area contributed by atoms with Crippen molar-refractivity contribution in [2.45, 2.75) is 171 Å². The molecule has 1 aromatic carbocycles. The molecule has 1 aromatic rings. The molecule has 0 aromatic heterocycles. The second-order valence-electron chi connectivity index (χ2n) is 19.5. The van der Waals surface area contributed by atoms with Gasteiger partial charge in [0.25, 0.3) is 0 Å². The molecule has 0 radical (unpaired) electrons. The van der Waals surface area contributed by atoms with Gasteiger partial charge in [0.05, 0.1) is 13.2 Å². The SMILES string of the molecule is CC1(C)O[C@@H]2[C@@H](CO[C@@]3(COC(=O)N4CCC(N)CC4)OC(C)(C)O[C@@H]23)O1.CC1(C)O[C@@H]2[C@@H](CO[C@@]3(COC(=O)N4CCC(NC(=O)OCc5ccccc5)CC4)OC(C)(C)O[C@@H]23)O1. The predicted octanol–water partition coefficient (Wildman–Crippen LogP) is 3.86. The summed E-state index contributed by atoms with van der Waals surface area (Å²) in [5, 5.41) is 2.88. The number of nitrogens with zero attached hydrogens (tertiary/aromatic N) is 2. The van der Waals surface area contributed by atoms with E-state index in [-0.39, 0.29) is 63.4 Å². The number of ether oxygens (including phenoxy) is 13. The molecular formula is C44H66N4O16. The molecule has 9 rings (SSSR count). The van der Waals surface area contributed by atoms with E-state index in [4.69, 9.17) is 67.3 Å². The van der Waals surface area contributed by atoms with Crippen molar-refractivity contribution in [1.29, 1.82) is 0 Å². The summed E-state index contributed by atoms with van der Waals surface area (Å²) in [5.74, 6) is -5.83. The zero-order valence-electron chi connectivity index (χ0n) is 38.2. The second-order valence-corrected chi connectivity index (χ2v) is 19.5. The molecule has 0 unspecified atom stereocenters. The van der Waals surface area contributed by atoms with Crippen LogP contribution in [0, 0.1) is 0 Å². The Morgan fingerprint density at radius 1 is 0.625 bits per heavy atom. The molecular weight excluding hydrogens is 840 g/mol. The number of likely N-dealkylation sites (tertiary alicyclic amines) is 2. The average Bonchev–Trinajstić information content (AvgIpc) is 3.93. The number of hydrogen-bond acceptors (Lipinski definition) is 17. The zero-order valence-corrected chi connectivity index (χ0v) is 38.2. The number of alkyl carbamates (subject to hydrolysis) is 1. The van der Waals surface area contributed by atoms with Crippen molar-refractivity contribution >= 4 is 18.3 Å². The number of hydrogen-bond donors (Lipinski definition) is 2. The molecule has 0 saturated carbocycles. The van der Waals surface area contributed by atoms with Crippen molar-refractivity contribution in [3.05, 3.63) is 35.9 Å². The highest BCUT2D eigenvalue weighted by molar-refractivity contribution is 5.69. The van der Waals surface area contributed by atoms with Gasteiger partial charge in [0.1, 0.15) is 43.2 Å². The fourth-order valence-corrected chi connectivity index (χ4v) is 9.62. The van der Waals surface area contributed by atoms with E-state index < -0.39 is 71.3 Å². The summed E-state index contributed by atoms with van der Waals surface area (Å²) in [6, 6.07) is 9.56. The number of fused-ring (bicyclic) bond motifs is 6. The van der Waals surface area contributed by atoms with Gasteiger partial charge in [-0.05, 0) is 86.6 Å². The van der Waals surface area contributed by atoms with Gasteiger partial charge in [-0.1, -0.05) is 30.3 Å². The van der Waals surface area contributed by atoms with Crippen LogP contribution in [-0.4, -0.2) is 164 Å². The Hall–Kier alpha value is -3.41. The van der Waals surface area contributed by atoms with E-state index in [0.29, 0.717) is 39.0 Å². The molecule has 8 fully saturated rings. The maximum atomic E-state index is 12.9. The Bertz CT molecular complexity index is 1820. The summed E-state index contributed by atoms with van der Waals surface area (Å²) in [6.07, 6.45) is -1.09. The Balaban J connectivity index is 0.000000184. The lowest BCUT2D eigenvalue weighted by atomic mass is 9.97. The molecule has 8 heterocycles. The van der Waals surface area contributed by atoms with Gasteiger partial charge in [0.15, 0.2) is 36.4 Å². The highest BCUT2D eigenvalue weighted by Gasteiger charge is 2.67. The highest BCUT2D eigenvalue weighted by Crippen LogP contribution is 2.49. The summed E-state index contributed by atoms with van der Waals surface area (Å²) in [4.78, 5) is 40.8. The third kappa shape index (κ3) is 10.6. The first kappa shape index (κ1) is 47.1. The molecule has 3 N–H and O–H groups in total. The van der Waals surface area contributed by atoms with Crippen LogP contribution in [0.15, 0.2) is 30.3 Å². The molecule has 8 aliphatic heterocycles. The summed E-state index contributed by atoms with van der Waals surface area (Å²) >= 11 is 0. The molecule has 3 amide bonds. The molecule has 8 atom stereocenters. The first-order valence-electron chi connectivity index (χ1n) is 22.4. The van der Waals surface area contributed by atoms with E-state index in [1.165, 1.54) is 0 Å². The van der Waals surface area contributed by atoms with Gasteiger partial charge < -0.3 is 82.4 Å². The van der Waals surface area contributed by atoms with Gasteiger partial charge in [-0.3, -0.25) is 0 Å². The van der Waals surface area contributed by atoms with Crippen LogP contribution in [0.25, 0.3) is 0 Å². The molecule has 0 spiro atoms. The third-order valence-electron chi connectivity index (χ3n) is 12.4. The second kappa shape index (κ2) is 18.0. The van der Waals surface area contributed by atoms with E-state index in [1.54, 1.807) is 37.5 Å². The molecule has 8 aliphatic rings. The van der Waals surface area contributed by atoms with Gasteiger partial charge >= 0.3 is 18.3 Å². The van der Waals surface area contributed by atoms with Crippen molar-refractivity contribution in [3.8, 4) is 0 Å². The molecule has 20 nitrogen and oxygen atoms in total. The maximum absolute atomic E-state index is 12.9. The maximum Gasteiger partial charge on any atom is 0.409 e. The minimum Gasteiger partial charge on any atom is -0.445 e. The quantitative estimate of drug-likeness (QED) is 0.372. The normalized spacial score (nSPS) is 35.8. The number of amides is 3. The average molecular weight is 907 g/mol. The lowest BCUT2D eigenvalue weighted by Gasteiger charge is -2.40. The smallest absolute Gasteiger partial charge is 0.409 e. The van der Waals surface area contributed by atoms with Gasteiger partial charge in [-0.15, -0.1) is 0 Å². The third-order valence-corrected chi connectivity index (χ3v) is 12.4. The zero-order chi connectivity index (χ0) is 45.7. The molecule has 20 heteroatoms.